The lowest BCUT2D eigenvalue weighted by Crippen LogP contribution is -2.21. The summed E-state index contributed by atoms with van der Waals surface area (Å²) < 4.78 is 0. The quantitative estimate of drug-likeness (QED) is 0.702. The number of aliphatic carboxylic acids is 1. The standard InChI is InChI=1S/C12H15NO3/c13-7-10(11(14)15)8-2-1-3-9(6-8)12(16)4-5-12/h1-3,6,10,16H,4-5,7,13H2,(H,14,15). The minimum absolute atomic E-state index is 0.0667. The van der Waals surface area contributed by atoms with Crippen molar-refractivity contribution in [3.05, 3.63) is 35.4 Å². The van der Waals surface area contributed by atoms with Gasteiger partial charge in [-0.25, -0.2) is 0 Å². The molecule has 0 aromatic heterocycles. The highest BCUT2D eigenvalue weighted by molar-refractivity contribution is 5.76. The van der Waals surface area contributed by atoms with Crippen LogP contribution in [0.3, 0.4) is 0 Å². The van der Waals surface area contributed by atoms with Crippen LogP contribution < -0.4 is 5.73 Å². The van der Waals surface area contributed by atoms with Gasteiger partial charge in [-0.1, -0.05) is 24.3 Å². The highest BCUT2D eigenvalue weighted by Crippen LogP contribution is 2.45. The third-order valence-corrected chi connectivity index (χ3v) is 3.08. The van der Waals surface area contributed by atoms with Crippen LogP contribution in [0, 0.1) is 0 Å². The van der Waals surface area contributed by atoms with E-state index >= 15 is 0 Å². The first kappa shape index (κ1) is 11.1. The topological polar surface area (TPSA) is 83.6 Å². The molecule has 4 N–H and O–H groups in total. The van der Waals surface area contributed by atoms with Gasteiger partial charge in [0, 0.05) is 6.54 Å². The maximum Gasteiger partial charge on any atom is 0.312 e. The lowest BCUT2D eigenvalue weighted by Gasteiger charge is -2.14. The molecular weight excluding hydrogens is 206 g/mol. The average Bonchev–Trinajstić information content (AvgIpc) is 2.99. The molecule has 1 saturated carbocycles. The SMILES string of the molecule is NCC(C(=O)O)c1cccc(C2(O)CC2)c1. The molecule has 86 valence electrons. The van der Waals surface area contributed by atoms with Gasteiger partial charge in [-0.05, 0) is 24.0 Å². The Hall–Kier alpha value is -1.39. The summed E-state index contributed by atoms with van der Waals surface area (Å²) in [6.45, 7) is 0.0667. The Labute approximate surface area is 93.7 Å². The van der Waals surface area contributed by atoms with E-state index < -0.39 is 17.5 Å². The van der Waals surface area contributed by atoms with E-state index in [9.17, 15) is 9.90 Å². The van der Waals surface area contributed by atoms with Crippen molar-refractivity contribution < 1.29 is 15.0 Å². The Morgan fingerprint density at radius 2 is 2.19 bits per heavy atom. The van der Waals surface area contributed by atoms with Crippen LogP contribution in [0.5, 0.6) is 0 Å². The summed E-state index contributed by atoms with van der Waals surface area (Å²) in [6.07, 6.45) is 1.49. The van der Waals surface area contributed by atoms with Crippen LogP contribution in [0.25, 0.3) is 0 Å². The molecule has 4 heteroatoms. The van der Waals surface area contributed by atoms with Crippen molar-refractivity contribution in [2.24, 2.45) is 5.73 Å². The van der Waals surface area contributed by atoms with Gasteiger partial charge in [0.15, 0.2) is 0 Å². The molecule has 0 bridgehead atoms. The van der Waals surface area contributed by atoms with Crippen LogP contribution in [-0.2, 0) is 10.4 Å². The third kappa shape index (κ3) is 1.94. The molecule has 1 fully saturated rings. The second-order valence-corrected chi connectivity index (χ2v) is 4.28. The van der Waals surface area contributed by atoms with Crippen molar-refractivity contribution in [2.75, 3.05) is 6.54 Å². The summed E-state index contributed by atoms with van der Waals surface area (Å²) >= 11 is 0. The normalized spacial score (nSPS) is 19.1. The molecule has 1 aliphatic rings. The number of carboxylic acids is 1. The third-order valence-electron chi connectivity index (χ3n) is 3.08. The van der Waals surface area contributed by atoms with E-state index in [4.69, 9.17) is 10.8 Å². The monoisotopic (exact) mass is 221 g/mol. The predicted octanol–water partition coefficient (Wildman–Crippen LogP) is 0.795. The largest absolute Gasteiger partial charge is 0.481 e. The Balaban J connectivity index is 2.31. The summed E-state index contributed by atoms with van der Waals surface area (Å²) in [5.74, 6) is -1.62. The van der Waals surface area contributed by atoms with Crippen molar-refractivity contribution in [3.63, 3.8) is 0 Å². The van der Waals surface area contributed by atoms with Gasteiger partial charge >= 0.3 is 5.97 Å². The maximum atomic E-state index is 11.0. The van der Waals surface area contributed by atoms with Crippen LogP contribution >= 0.6 is 0 Å². The van der Waals surface area contributed by atoms with Gasteiger partial charge in [-0.2, -0.15) is 0 Å². The number of carbonyl (C=O) groups is 1. The molecule has 0 saturated heterocycles. The summed E-state index contributed by atoms with van der Waals surface area (Å²) in [5.41, 5.74) is 6.16. The van der Waals surface area contributed by atoms with Crippen molar-refractivity contribution >= 4 is 5.97 Å². The van der Waals surface area contributed by atoms with Crippen molar-refractivity contribution in [2.45, 2.75) is 24.4 Å². The van der Waals surface area contributed by atoms with Crippen LogP contribution in [0.2, 0.25) is 0 Å². The van der Waals surface area contributed by atoms with Crippen molar-refractivity contribution in [3.8, 4) is 0 Å². The van der Waals surface area contributed by atoms with Gasteiger partial charge in [0.05, 0.1) is 11.5 Å². The highest BCUT2D eigenvalue weighted by Gasteiger charge is 2.42. The van der Waals surface area contributed by atoms with E-state index in [0.29, 0.717) is 5.56 Å². The van der Waals surface area contributed by atoms with E-state index in [1.165, 1.54) is 0 Å². The second-order valence-electron chi connectivity index (χ2n) is 4.28. The minimum atomic E-state index is -0.928. The average molecular weight is 221 g/mol. The zero-order valence-corrected chi connectivity index (χ0v) is 8.89. The van der Waals surface area contributed by atoms with Gasteiger partial charge < -0.3 is 15.9 Å². The van der Waals surface area contributed by atoms with Gasteiger partial charge in [-0.3, -0.25) is 4.79 Å². The Bertz CT molecular complexity index is 412. The molecule has 2 rings (SSSR count). The van der Waals surface area contributed by atoms with E-state index in [1.807, 2.05) is 6.07 Å². The number of hydrogen-bond acceptors (Lipinski definition) is 3. The van der Waals surface area contributed by atoms with Crippen LogP contribution in [-0.4, -0.2) is 22.7 Å². The minimum Gasteiger partial charge on any atom is -0.481 e. The second kappa shape index (κ2) is 3.88. The molecule has 1 aromatic rings. The molecule has 0 radical (unpaired) electrons. The number of aliphatic hydroxyl groups is 1. The molecular formula is C12H15NO3. The molecule has 0 aliphatic heterocycles. The van der Waals surface area contributed by atoms with E-state index in [0.717, 1.165) is 18.4 Å². The maximum absolute atomic E-state index is 11.0. The number of nitrogens with two attached hydrogens (primary N) is 1. The van der Waals surface area contributed by atoms with Gasteiger partial charge in [0.2, 0.25) is 0 Å². The van der Waals surface area contributed by atoms with E-state index in [2.05, 4.69) is 0 Å². The van der Waals surface area contributed by atoms with Crippen LogP contribution in [0.15, 0.2) is 24.3 Å². The van der Waals surface area contributed by atoms with Crippen LogP contribution in [0.1, 0.15) is 29.9 Å². The molecule has 16 heavy (non-hydrogen) atoms. The number of benzene rings is 1. The predicted molar refractivity (Wildman–Crippen MR) is 59.0 cm³/mol. The number of carboxylic acid groups (broad SMARTS) is 1. The zero-order chi connectivity index (χ0) is 11.8. The van der Waals surface area contributed by atoms with Crippen molar-refractivity contribution in [1.82, 2.24) is 0 Å². The molecule has 1 unspecified atom stereocenters. The summed E-state index contributed by atoms with van der Waals surface area (Å²) in [5, 5.41) is 18.9. The molecule has 0 heterocycles. The lowest BCUT2D eigenvalue weighted by molar-refractivity contribution is -0.138. The van der Waals surface area contributed by atoms with E-state index in [-0.39, 0.29) is 6.54 Å². The highest BCUT2D eigenvalue weighted by atomic mass is 16.4. The molecule has 0 amide bonds. The Kier molecular flexibility index (Phi) is 2.69. The summed E-state index contributed by atoms with van der Waals surface area (Å²) in [4.78, 5) is 11.0. The number of rotatable bonds is 4. The van der Waals surface area contributed by atoms with E-state index in [1.54, 1.807) is 18.2 Å². The molecule has 0 spiro atoms. The smallest absolute Gasteiger partial charge is 0.312 e. The molecule has 4 nitrogen and oxygen atoms in total. The first-order valence-electron chi connectivity index (χ1n) is 5.32. The fourth-order valence-corrected chi connectivity index (χ4v) is 1.83. The van der Waals surface area contributed by atoms with Gasteiger partial charge in [-0.15, -0.1) is 0 Å². The molecule has 1 atom stereocenters. The van der Waals surface area contributed by atoms with Gasteiger partial charge in [0.1, 0.15) is 0 Å². The first-order valence-corrected chi connectivity index (χ1v) is 5.32. The first-order chi connectivity index (χ1) is 7.57. The summed E-state index contributed by atoms with van der Waals surface area (Å²) in [7, 11) is 0. The summed E-state index contributed by atoms with van der Waals surface area (Å²) in [6, 6.07) is 7.08. The Morgan fingerprint density at radius 1 is 1.50 bits per heavy atom. The fraction of sp³-hybridized carbons (Fsp3) is 0.417. The van der Waals surface area contributed by atoms with Gasteiger partial charge in [0.25, 0.3) is 0 Å². The molecule has 1 aromatic carbocycles. The van der Waals surface area contributed by atoms with Crippen LogP contribution in [0.4, 0.5) is 0 Å². The fourth-order valence-electron chi connectivity index (χ4n) is 1.83. The lowest BCUT2D eigenvalue weighted by atomic mass is 9.95. The molecule has 1 aliphatic carbocycles. The zero-order valence-electron chi connectivity index (χ0n) is 8.89. The Morgan fingerprint density at radius 3 is 2.69 bits per heavy atom. The number of hydrogen-bond donors (Lipinski definition) is 3. The van der Waals surface area contributed by atoms with Crippen molar-refractivity contribution in [1.29, 1.82) is 0 Å².